The second-order valence-electron chi connectivity index (χ2n) is 6.09. The topological polar surface area (TPSA) is 63.2 Å². The molecule has 0 radical (unpaired) electrons. The van der Waals surface area contributed by atoms with Crippen molar-refractivity contribution in [3.63, 3.8) is 0 Å². The Morgan fingerprint density at radius 2 is 2.00 bits per heavy atom. The summed E-state index contributed by atoms with van der Waals surface area (Å²) < 4.78 is 10.8. The molecule has 1 aliphatic rings. The normalized spacial score (nSPS) is 14.4. The van der Waals surface area contributed by atoms with Gasteiger partial charge in [-0.25, -0.2) is 5.43 Å². The van der Waals surface area contributed by atoms with Crippen LogP contribution >= 0.6 is 0 Å². The highest BCUT2D eigenvalue weighted by atomic mass is 16.5. The molecule has 1 amide bonds. The number of morpholine rings is 1. The van der Waals surface area contributed by atoms with Crippen molar-refractivity contribution in [1.82, 2.24) is 5.43 Å². The van der Waals surface area contributed by atoms with Gasteiger partial charge < -0.3 is 14.4 Å². The lowest BCUT2D eigenvalue weighted by molar-refractivity contribution is -0.123. The predicted octanol–water partition coefficient (Wildman–Crippen LogP) is 2.36. The molecule has 0 aromatic heterocycles. The van der Waals surface area contributed by atoms with Crippen LogP contribution < -0.4 is 15.1 Å². The van der Waals surface area contributed by atoms with Gasteiger partial charge in [-0.15, -0.1) is 0 Å². The van der Waals surface area contributed by atoms with Crippen molar-refractivity contribution in [2.45, 2.75) is 6.92 Å². The summed E-state index contributed by atoms with van der Waals surface area (Å²) >= 11 is 0. The molecule has 6 heteroatoms. The molecule has 1 fully saturated rings. The number of carbonyl (C=O) groups excluding carboxylic acids is 1. The fourth-order valence-corrected chi connectivity index (χ4v) is 2.66. The molecule has 0 bridgehead atoms. The lowest BCUT2D eigenvalue weighted by Crippen LogP contribution is -2.36. The molecule has 1 aliphatic heterocycles. The third kappa shape index (κ3) is 5.32. The molecular formula is C20H23N3O3. The molecule has 0 spiro atoms. The summed E-state index contributed by atoms with van der Waals surface area (Å²) in [4.78, 5) is 14.1. The summed E-state index contributed by atoms with van der Waals surface area (Å²) in [6.45, 7) is 5.24. The van der Waals surface area contributed by atoms with Crippen LogP contribution in [0.15, 0.2) is 53.6 Å². The van der Waals surface area contributed by atoms with Gasteiger partial charge in [0.15, 0.2) is 6.61 Å². The number of benzene rings is 2. The van der Waals surface area contributed by atoms with Crippen LogP contribution in [0.3, 0.4) is 0 Å². The monoisotopic (exact) mass is 353 g/mol. The SMILES string of the molecule is Cc1cccc(OCC(=O)N/N=C/c2ccc(N3CCOCC3)cc2)c1. The van der Waals surface area contributed by atoms with Crippen LogP contribution in [0.25, 0.3) is 0 Å². The molecular weight excluding hydrogens is 330 g/mol. The van der Waals surface area contributed by atoms with E-state index in [1.54, 1.807) is 6.21 Å². The fraction of sp³-hybridized carbons (Fsp3) is 0.300. The van der Waals surface area contributed by atoms with Crippen LogP contribution in [0.1, 0.15) is 11.1 Å². The van der Waals surface area contributed by atoms with Gasteiger partial charge in [-0.3, -0.25) is 4.79 Å². The number of nitrogens with zero attached hydrogens (tertiary/aromatic N) is 2. The first-order valence-corrected chi connectivity index (χ1v) is 8.65. The summed E-state index contributed by atoms with van der Waals surface area (Å²) in [5.74, 6) is 0.371. The highest BCUT2D eigenvalue weighted by Crippen LogP contribution is 2.16. The highest BCUT2D eigenvalue weighted by Gasteiger charge is 2.10. The van der Waals surface area contributed by atoms with Crippen molar-refractivity contribution in [2.75, 3.05) is 37.8 Å². The smallest absolute Gasteiger partial charge is 0.277 e. The van der Waals surface area contributed by atoms with Crippen LogP contribution in [-0.2, 0) is 9.53 Å². The zero-order valence-corrected chi connectivity index (χ0v) is 14.9. The van der Waals surface area contributed by atoms with Gasteiger partial charge in [0, 0.05) is 18.8 Å². The number of anilines is 1. The Balaban J connectivity index is 1.44. The third-order valence-corrected chi connectivity index (χ3v) is 4.03. The highest BCUT2D eigenvalue weighted by molar-refractivity contribution is 5.83. The van der Waals surface area contributed by atoms with Gasteiger partial charge in [0.25, 0.3) is 5.91 Å². The minimum absolute atomic E-state index is 0.0727. The summed E-state index contributed by atoms with van der Waals surface area (Å²) in [6, 6.07) is 15.6. The lowest BCUT2D eigenvalue weighted by Gasteiger charge is -2.28. The number of rotatable bonds is 6. The number of hydrazone groups is 1. The molecule has 136 valence electrons. The summed E-state index contributed by atoms with van der Waals surface area (Å²) in [5.41, 5.74) is 5.64. The maximum absolute atomic E-state index is 11.8. The largest absolute Gasteiger partial charge is 0.484 e. The number of carbonyl (C=O) groups is 1. The van der Waals surface area contributed by atoms with Crippen molar-refractivity contribution in [1.29, 1.82) is 0 Å². The Morgan fingerprint density at radius 1 is 1.23 bits per heavy atom. The van der Waals surface area contributed by atoms with Crippen LogP contribution in [0.2, 0.25) is 0 Å². The van der Waals surface area contributed by atoms with E-state index in [4.69, 9.17) is 9.47 Å². The Morgan fingerprint density at radius 3 is 2.73 bits per heavy atom. The summed E-state index contributed by atoms with van der Waals surface area (Å²) in [7, 11) is 0. The number of hydrogen-bond donors (Lipinski definition) is 1. The lowest BCUT2D eigenvalue weighted by atomic mass is 10.2. The van der Waals surface area contributed by atoms with Crippen LogP contribution in [0, 0.1) is 6.92 Å². The molecule has 0 unspecified atom stereocenters. The van der Waals surface area contributed by atoms with Gasteiger partial charge in [0.1, 0.15) is 5.75 Å². The van der Waals surface area contributed by atoms with E-state index in [2.05, 4.69) is 27.6 Å². The van der Waals surface area contributed by atoms with Crippen molar-refractivity contribution in [2.24, 2.45) is 5.10 Å². The van der Waals surface area contributed by atoms with Crippen LogP contribution in [-0.4, -0.2) is 45.0 Å². The fourth-order valence-electron chi connectivity index (χ4n) is 2.66. The molecule has 2 aromatic rings. The van der Waals surface area contributed by atoms with Crippen molar-refractivity contribution < 1.29 is 14.3 Å². The van der Waals surface area contributed by atoms with E-state index in [1.807, 2.05) is 43.3 Å². The molecule has 2 aromatic carbocycles. The average molecular weight is 353 g/mol. The second kappa shape index (κ2) is 9.01. The van der Waals surface area contributed by atoms with Gasteiger partial charge >= 0.3 is 0 Å². The van der Waals surface area contributed by atoms with Crippen molar-refractivity contribution >= 4 is 17.8 Å². The van der Waals surface area contributed by atoms with Crippen LogP contribution in [0.5, 0.6) is 5.75 Å². The molecule has 0 atom stereocenters. The molecule has 1 heterocycles. The van der Waals surface area contributed by atoms with E-state index in [0.29, 0.717) is 5.75 Å². The zero-order valence-electron chi connectivity index (χ0n) is 14.9. The molecule has 3 rings (SSSR count). The number of hydrogen-bond acceptors (Lipinski definition) is 5. The van der Waals surface area contributed by atoms with E-state index in [1.165, 1.54) is 5.69 Å². The quantitative estimate of drug-likeness (QED) is 0.640. The van der Waals surface area contributed by atoms with Crippen molar-refractivity contribution in [3.8, 4) is 5.75 Å². The molecule has 1 saturated heterocycles. The second-order valence-corrected chi connectivity index (χ2v) is 6.09. The van der Waals surface area contributed by atoms with Crippen molar-refractivity contribution in [3.05, 3.63) is 59.7 Å². The zero-order chi connectivity index (χ0) is 18.2. The first-order chi connectivity index (χ1) is 12.7. The number of amides is 1. The van der Waals surface area contributed by atoms with Gasteiger partial charge in [0.2, 0.25) is 0 Å². The minimum atomic E-state index is -0.298. The van der Waals surface area contributed by atoms with E-state index >= 15 is 0 Å². The van der Waals surface area contributed by atoms with Crippen LogP contribution in [0.4, 0.5) is 5.69 Å². The molecule has 6 nitrogen and oxygen atoms in total. The minimum Gasteiger partial charge on any atom is -0.484 e. The Labute approximate surface area is 153 Å². The van der Waals surface area contributed by atoms with E-state index < -0.39 is 0 Å². The standard InChI is InChI=1S/C20H23N3O3/c1-16-3-2-4-19(13-16)26-15-20(24)22-21-14-17-5-7-18(8-6-17)23-9-11-25-12-10-23/h2-8,13-14H,9-12,15H2,1H3,(H,22,24)/b21-14+. The van der Waals surface area contributed by atoms with E-state index in [9.17, 15) is 4.79 Å². The van der Waals surface area contributed by atoms with Gasteiger partial charge in [-0.2, -0.15) is 5.10 Å². The third-order valence-electron chi connectivity index (χ3n) is 4.03. The average Bonchev–Trinajstić information content (AvgIpc) is 2.68. The first kappa shape index (κ1) is 17.9. The molecule has 1 N–H and O–H groups in total. The Kier molecular flexibility index (Phi) is 6.22. The Bertz CT molecular complexity index is 753. The van der Waals surface area contributed by atoms with E-state index in [0.717, 1.165) is 37.4 Å². The number of nitrogens with one attached hydrogen (secondary N) is 1. The maximum atomic E-state index is 11.8. The number of aryl methyl sites for hydroxylation is 1. The van der Waals surface area contributed by atoms with Gasteiger partial charge in [-0.05, 0) is 42.3 Å². The van der Waals surface area contributed by atoms with Gasteiger partial charge in [-0.1, -0.05) is 24.3 Å². The maximum Gasteiger partial charge on any atom is 0.277 e. The Hall–Kier alpha value is -2.86. The molecule has 0 saturated carbocycles. The van der Waals surface area contributed by atoms with E-state index in [-0.39, 0.29) is 12.5 Å². The number of ether oxygens (including phenoxy) is 2. The summed E-state index contributed by atoms with van der Waals surface area (Å²) in [6.07, 6.45) is 1.62. The first-order valence-electron chi connectivity index (χ1n) is 8.65. The molecule has 26 heavy (non-hydrogen) atoms. The predicted molar refractivity (Wildman–Crippen MR) is 102 cm³/mol. The molecule has 0 aliphatic carbocycles. The summed E-state index contributed by atoms with van der Waals surface area (Å²) in [5, 5.41) is 3.98. The van der Waals surface area contributed by atoms with Gasteiger partial charge in [0.05, 0.1) is 19.4 Å².